The van der Waals surface area contributed by atoms with Crippen LogP contribution in [0.5, 0.6) is 0 Å². The minimum absolute atomic E-state index is 0.0706. The van der Waals surface area contributed by atoms with E-state index in [0.717, 1.165) is 6.42 Å². The van der Waals surface area contributed by atoms with Crippen molar-refractivity contribution in [1.29, 1.82) is 0 Å². The van der Waals surface area contributed by atoms with E-state index < -0.39 is 0 Å². The van der Waals surface area contributed by atoms with Crippen LogP contribution in [-0.4, -0.2) is 24.0 Å². The lowest BCUT2D eigenvalue weighted by molar-refractivity contribution is -0.121. The van der Waals surface area contributed by atoms with Crippen molar-refractivity contribution in [3.8, 4) is 0 Å². The Morgan fingerprint density at radius 2 is 1.94 bits per heavy atom. The van der Waals surface area contributed by atoms with Crippen LogP contribution in [0.25, 0.3) is 0 Å². The van der Waals surface area contributed by atoms with E-state index in [2.05, 4.69) is 34.9 Å². The number of carbonyl (C=O) groups excluding carboxylic acids is 1. The normalized spacial score (nSPS) is 22.6. The summed E-state index contributed by atoms with van der Waals surface area (Å²) in [4.78, 5) is 11.7. The van der Waals surface area contributed by atoms with E-state index >= 15 is 0 Å². The van der Waals surface area contributed by atoms with Crippen LogP contribution in [0.15, 0.2) is 30.3 Å². The van der Waals surface area contributed by atoms with Gasteiger partial charge in [0.15, 0.2) is 0 Å². The van der Waals surface area contributed by atoms with Gasteiger partial charge in [0.1, 0.15) is 0 Å². The molecule has 1 fully saturated rings. The SMILES string of the molecule is CC(C)(C)NC(=O)CN[C@H]1C[C@@H]1c1ccccc1. The fraction of sp³-hybridized carbons (Fsp3) is 0.533. The van der Waals surface area contributed by atoms with Crippen LogP contribution < -0.4 is 10.6 Å². The molecule has 0 radical (unpaired) electrons. The maximum Gasteiger partial charge on any atom is 0.234 e. The first-order valence-corrected chi connectivity index (χ1v) is 6.55. The molecular weight excluding hydrogens is 224 g/mol. The molecular formula is C15H22N2O. The Kier molecular flexibility index (Phi) is 3.71. The van der Waals surface area contributed by atoms with Gasteiger partial charge in [-0.3, -0.25) is 4.79 Å². The van der Waals surface area contributed by atoms with E-state index in [0.29, 0.717) is 18.5 Å². The Balaban J connectivity index is 1.73. The third-order valence-electron chi connectivity index (χ3n) is 3.06. The smallest absolute Gasteiger partial charge is 0.234 e. The minimum atomic E-state index is -0.152. The predicted octanol–water partition coefficient (Wildman–Crippen LogP) is 2.05. The minimum Gasteiger partial charge on any atom is -0.350 e. The monoisotopic (exact) mass is 246 g/mol. The van der Waals surface area contributed by atoms with Gasteiger partial charge in [-0.1, -0.05) is 30.3 Å². The summed E-state index contributed by atoms with van der Waals surface area (Å²) in [5.41, 5.74) is 1.22. The highest BCUT2D eigenvalue weighted by molar-refractivity contribution is 5.78. The summed E-state index contributed by atoms with van der Waals surface area (Å²) >= 11 is 0. The van der Waals surface area contributed by atoms with Crippen molar-refractivity contribution in [2.75, 3.05) is 6.54 Å². The molecule has 98 valence electrons. The predicted molar refractivity (Wildman–Crippen MR) is 73.5 cm³/mol. The number of hydrogen-bond donors (Lipinski definition) is 2. The zero-order valence-corrected chi connectivity index (χ0v) is 11.4. The van der Waals surface area contributed by atoms with Crippen molar-refractivity contribution in [2.45, 2.75) is 44.7 Å². The second-order valence-corrected chi connectivity index (χ2v) is 6.04. The van der Waals surface area contributed by atoms with Gasteiger partial charge in [-0.2, -0.15) is 0 Å². The molecule has 0 aromatic heterocycles. The van der Waals surface area contributed by atoms with Gasteiger partial charge < -0.3 is 10.6 Å². The fourth-order valence-electron chi connectivity index (χ4n) is 2.18. The van der Waals surface area contributed by atoms with Gasteiger partial charge in [0.2, 0.25) is 5.91 Å². The van der Waals surface area contributed by atoms with Crippen molar-refractivity contribution in [3.63, 3.8) is 0 Å². The summed E-state index contributed by atoms with van der Waals surface area (Å²) in [6, 6.07) is 10.9. The lowest BCUT2D eigenvalue weighted by Crippen LogP contribution is -2.45. The molecule has 3 heteroatoms. The molecule has 1 aliphatic rings. The fourth-order valence-corrected chi connectivity index (χ4v) is 2.18. The second-order valence-electron chi connectivity index (χ2n) is 6.04. The lowest BCUT2D eigenvalue weighted by atomic mass is 10.1. The van der Waals surface area contributed by atoms with Crippen LogP contribution in [0.3, 0.4) is 0 Å². The molecule has 2 atom stereocenters. The molecule has 0 aliphatic heterocycles. The summed E-state index contributed by atoms with van der Waals surface area (Å²) in [5, 5.41) is 6.27. The first kappa shape index (κ1) is 13.1. The van der Waals surface area contributed by atoms with Crippen molar-refractivity contribution in [3.05, 3.63) is 35.9 Å². The van der Waals surface area contributed by atoms with E-state index in [1.165, 1.54) is 5.56 Å². The Morgan fingerprint density at radius 1 is 1.28 bits per heavy atom. The summed E-state index contributed by atoms with van der Waals surface area (Å²) < 4.78 is 0. The number of amides is 1. The Hall–Kier alpha value is -1.35. The molecule has 0 bridgehead atoms. The van der Waals surface area contributed by atoms with Crippen LogP contribution in [0, 0.1) is 0 Å². The summed E-state index contributed by atoms with van der Waals surface area (Å²) in [6.07, 6.45) is 1.13. The Bertz CT molecular complexity index is 408. The average Bonchev–Trinajstić information content (AvgIpc) is 3.05. The quantitative estimate of drug-likeness (QED) is 0.853. The summed E-state index contributed by atoms with van der Waals surface area (Å²) in [7, 11) is 0. The molecule has 0 heterocycles. The molecule has 18 heavy (non-hydrogen) atoms. The highest BCUT2D eigenvalue weighted by atomic mass is 16.2. The van der Waals surface area contributed by atoms with Gasteiger partial charge in [0.25, 0.3) is 0 Å². The molecule has 1 aromatic carbocycles. The van der Waals surface area contributed by atoms with Gasteiger partial charge in [-0.15, -0.1) is 0 Å². The molecule has 1 aliphatic carbocycles. The number of rotatable bonds is 4. The van der Waals surface area contributed by atoms with Crippen LogP contribution in [0.4, 0.5) is 0 Å². The topological polar surface area (TPSA) is 41.1 Å². The second kappa shape index (κ2) is 5.11. The third-order valence-corrected chi connectivity index (χ3v) is 3.06. The summed E-state index contributed by atoms with van der Waals surface area (Å²) in [6.45, 7) is 6.39. The van der Waals surface area contributed by atoms with E-state index in [9.17, 15) is 4.79 Å². The van der Waals surface area contributed by atoms with Gasteiger partial charge in [-0.05, 0) is 32.8 Å². The number of nitrogens with one attached hydrogen (secondary N) is 2. The van der Waals surface area contributed by atoms with Crippen LogP contribution >= 0.6 is 0 Å². The van der Waals surface area contributed by atoms with E-state index in [1.807, 2.05) is 26.8 Å². The maximum absolute atomic E-state index is 11.7. The largest absolute Gasteiger partial charge is 0.350 e. The van der Waals surface area contributed by atoms with E-state index in [1.54, 1.807) is 0 Å². The van der Waals surface area contributed by atoms with Crippen molar-refractivity contribution in [1.82, 2.24) is 10.6 Å². The highest BCUT2D eigenvalue weighted by Crippen LogP contribution is 2.40. The van der Waals surface area contributed by atoms with Crippen LogP contribution in [-0.2, 0) is 4.79 Å². The molecule has 3 nitrogen and oxygen atoms in total. The molecule has 1 aromatic rings. The molecule has 0 saturated heterocycles. The van der Waals surface area contributed by atoms with Crippen LogP contribution in [0.2, 0.25) is 0 Å². The first-order valence-electron chi connectivity index (χ1n) is 6.55. The van der Waals surface area contributed by atoms with Crippen molar-refractivity contribution >= 4 is 5.91 Å². The summed E-state index contributed by atoms with van der Waals surface area (Å²) in [5.74, 6) is 0.648. The van der Waals surface area contributed by atoms with Gasteiger partial charge in [0, 0.05) is 17.5 Å². The molecule has 0 spiro atoms. The Labute approximate surface area is 109 Å². The number of benzene rings is 1. The van der Waals surface area contributed by atoms with Gasteiger partial charge in [0.05, 0.1) is 6.54 Å². The van der Waals surface area contributed by atoms with Crippen LogP contribution in [0.1, 0.15) is 38.7 Å². The maximum atomic E-state index is 11.7. The first-order chi connectivity index (χ1) is 8.46. The standard InChI is InChI=1S/C15H22N2O/c1-15(2,3)17-14(18)10-16-13-9-12(13)11-7-5-4-6-8-11/h4-8,12-13,16H,9-10H2,1-3H3,(H,17,18)/t12-,13+/m1/s1. The van der Waals surface area contributed by atoms with Crippen molar-refractivity contribution in [2.24, 2.45) is 0 Å². The molecule has 1 amide bonds. The van der Waals surface area contributed by atoms with Crippen molar-refractivity contribution < 1.29 is 4.79 Å². The van der Waals surface area contributed by atoms with E-state index in [4.69, 9.17) is 0 Å². The molecule has 1 saturated carbocycles. The highest BCUT2D eigenvalue weighted by Gasteiger charge is 2.38. The average molecular weight is 246 g/mol. The lowest BCUT2D eigenvalue weighted by Gasteiger charge is -2.20. The third kappa shape index (κ3) is 3.84. The zero-order valence-electron chi connectivity index (χ0n) is 11.4. The van der Waals surface area contributed by atoms with Gasteiger partial charge >= 0.3 is 0 Å². The molecule has 2 rings (SSSR count). The van der Waals surface area contributed by atoms with E-state index in [-0.39, 0.29) is 11.4 Å². The number of hydrogen-bond acceptors (Lipinski definition) is 2. The zero-order chi connectivity index (χ0) is 13.2. The molecule has 2 N–H and O–H groups in total. The Morgan fingerprint density at radius 3 is 2.56 bits per heavy atom. The molecule has 0 unspecified atom stereocenters. The van der Waals surface area contributed by atoms with Gasteiger partial charge in [-0.25, -0.2) is 0 Å². The number of carbonyl (C=O) groups is 1.